The third-order valence-electron chi connectivity index (χ3n) is 4.83. The molecular weight excluding hydrogens is 468 g/mol. The van der Waals surface area contributed by atoms with Crippen LogP contribution in [0.4, 0.5) is 10.1 Å². The summed E-state index contributed by atoms with van der Waals surface area (Å²) in [4.78, 5) is 24.3. The van der Waals surface area contributed by atoms with Gasteiger partial charge in [-0.3, -0.25) is 9.59 Å². The van der Waals surface area contributed by atoms with Gasteiger partial charge in [-0.05, 0) is 61.4 Å². The van der Waals surface area contributed by atoms with Crippen molar-refractivity contribution >= 4 is 46.9 Å². The summed E-state index contributed by atoms with van der Waals surface area (Å²) in [5.41, 5.74) is 5.15. The highest BCUT2D eigenvalue weighted by atomic mass is 35.5. The summed E-state index contributed by atoms with van der Waals surface area (Å²) in [6, 6.07) is 14.4. The topological polar surface area (TPSA) is 79.8 Å². The average molecular weight is 488 g/mol. The first kappa shape index (κ1) is 24.2. The van der Waals surface area contributed by atoms with E-state index in [2.05, 4.69) is 15.8 Å². The van der Waals surface area contributed by atoms with Crippen LogP contribution >= 0.6 is 23.2 Å². The maximum atomic E-state index is 14.0. The van der Waals surface area contributed by atoms with E-state index in [0.29, 0.717) is 22.0 Å². The zero-order chi connectivity index (χ0) is 24.0. The zero-order valence-electron chi connectivity index (χ0n) is 17.8. The van der Waals surface area contributed by atoms with Gasteiger partial charge in [-0.1, -0.05) is 41.4 Å². The first-order valence-electron chi connectivity index (χ1n) is 9.82. The van der Waals surface area contributed by atoms with E-state index in [9.17, 15) is 14.0 Å². The summed E-state index contributed by atoms with van der Waals surface area (Å²) in [5, 5.41) is 6.99. The van der Waals surface area contributed by atoms with Gasteiger partial charge in [0.25, 0.3) is 0 Å². The molecule has 0 atom stereocenters. The predicted molar refractivity (Wildman–Crippen MR) is 127 cm³/mol. The SMILES string of the molecule is Cc1cccc(NC(=O)C(=O)N/N=C\c2cc(Cl)ccc2OCc2c(F)cccc2Cl)c1C. The molecule has 0 aliphatic rings. The lowest BCUT2D eigenvalue weighted by Gasteiger charge is -2.11. The molecule has 0 aromatic heterocycles. The molecule has 0 unspecified atom stereocenters. The number of hydrogen-bond donors (Lipinski definition) is 2. The quantitative estimate of drug-likeness (QED) is 0.276. The van der Waals surface area contributed by atoms with Crippen LogP contribution in [0.2, 0.25) is 10.0 Å². The van der Waals surface area contributed by atoms with Gasteiger partial charge < -0.3 is 10.1 Å². The van der Waals surface area contributed by atoms with Gasteiger partial charge in [0.05, 0.1) is 11.2 Å². The third kappa shape index (κ3) is 6.31. The minimum absolute atomic E-state index is 0.126. The van der Waals surface area contributed by atoms with E-state index in [1.807, 2.05) is 19.9 Å². The average Bonchev–Trinajstić information content (AvgIpc) is 2.77. The van der Waals surface area contributed by atoms with E-state index >= 15 is 0 Å². The second-order valence-corrected chi connectivity index (χ2v) is 7.92. The number of hydrazone groups is 1. The molecule has 0 fully saturated rings. The lowest BCUT2D eigenvalue weighted by Crippen LogP contribution is -2.32. The summed E-state index contributed by atoms with van der Waals surface area (Å²) in [7, 11) is 0. The lowest BCUT2D eigenvalue weighted by atomic mass is 10.1. The number of halogens is 3. The maximum absolute atomic E-state index is 14.0. The molecule has 3 aromatic carbocycles. The van der Waals surface area contributed by atoms with Crippen molar-refractivity contribution in [2.45, 2.75) is 20.5 Å². The van der Waals surface area contributed by atoms with Crippen molar-refractivity contribution < 1.29 is 18.7 Å². The summed E-state index contributed by atoms with van der Waals surface area (Å²) in [6.07, 6.45) is 1.27. The molecule has 2 amide bonds. The summed E-state index contributed by atoms with van der Waals surface area (Å²) >= 11 is 12.1. The standard InChI is InChI=1S/C24H20Cl2FN3O3/c1-14-5-3-8-21(15(14)2)29-23(31)24(32)30-28-12-16-11-17(25)9-10-22(16)33-13-18-19(26)6-4-7-20(18)27/h3-12H,13H2,1-2H3,(H,29,31)(H,30,32)/b28-12-. The van der Waals surface area contributed by atoms with Crippen molar-refractivity contribution in [2.75, 3.05) is 5.32 Å². The second-order valence-electron chi connectivity index (χ2n) is 7.07. The van der Waals surface area contributed by atoms with Gasteiger partial charge in [0, 0.05) is 21.8 Å². The molecular formula is C24H20Cl2FN3O3. The molecule has 0 spiro atoms. The Morgan fingerprint density at radius 3 is 2.58 bits per heavy atom. The molecule has 9 heteroatoms. The Hall–Kier alpha value is -3.42. The van der Waals surface area contributed by atoms with Crippen molar-refractivity contribution in [1.29, 1.82) is 0 Å². The summed E-state index contributed by atoms with van der Waals surface area (Å²) in [5.74, 6) is -1.97. The molecule has 0 heterocycles. The largest absolute Gasteiger partial charge is 0.488 e. The number of carbonyl (C=O) groups is 2. The smallest absolute Gasteiger partial charge is 0.329 e. The normalized spacial score (nSPS) is 10.8. The fourth-order valence-corrected chi connectivity index (χ4v) is 3.25. The van der Waals surface area contributed by atoms with E-state index < -0.39 is 17.6 Å². The van der Waals surface area contributed by atoms with Gasteiger partial charge in [0.15, 0.2) is 0 Å². The molecule has 3 aromatic rings. The van der Waals surface area contributed by atoms with Crippen LogP contribution in [-0.4, -0.2) is 18.0 Å². The lowest BCUT2D eigenvalue weighted by molar-refractivity contribution is -0.136. The van der Waals surface area contributed by atoms with Crippen molar-refractivity contribution in [3.8, 4) is 5.75 Å². The number of carbonyl (C=O) groups excluding carboxylic acids is 2. The highest BCUT2D eigenvalue weighted by molar-refractivity contribution is 6.39. The van der Waals surface area contributed by atoms with Crippen LogP contribution < -0.4 is 15.5 Å². The van der Waals surface area contributed by atoms with Crippen LogP contribution in [0.15, 0.2) is 59.7 Å². The molecule has 6 nitrogen and oxygen atoms in total. The molecule has 0 saturated carbocycles. The highest BCUT2D eigenvalue weighted by Crippen LogP contribution is 2.25. The first-order chi connectivity index (χ1) is 15.8. The third-order valence-corrected chi connectivity index (χ3v) is 5.42. The van der Waals surface area contributed by atoms with Crippen molar-refractivity contribution in [3.63, 3.8) is 0 Å². The minimum atomic E-state index is -0.949. The Kier molecular flexibility index (Phi) is 8.03. The van der Waals surface area contributed by atoms with Crippen molar-refractivity contribution in [3.05, 3.63) is 92.7 Å². The molecule has 0 aliphatic carbocycles. The van der Waals surface area contributed by atoms with Gasteiger partial charge in [-0.2, -0.15) is 5.10 Å². The fourth-order valence-electron chi connectivity index (χ4n) is 2.85. The fraction of sp³-hybridized carbons (Fsp3) is 0.125. The number of ether oxygens (including phenoxy) is 1. The van der Waals surface area contributed by atoms with E-state index in [-0.39, 0.29) is 17.2 Å². The molecule has 0 saturated heterocycles. The maximum Gasteiger partial charge on any atom is 0.329 e. The number of benzene rings is 3. The van der Waals surface area contributed by atoms with Crippen LogP contribution in [0.1, 0.15) is 22.3 Å². The van der Waals surface area contributed by atoms with Gasteiger partial charge in [-0.25, -0.2) is 9.82 Å². The molecule has 170 valence electrons. The Morgan fingerprint density at radius 1 is 1.06 bits per heavy atom. The van der Waals surface area contributed by atoms with Gasteiger partial charge in [-0.15, -0.1) is 0 Å². The van der Waals surface area contributed by atoms with Crippen LogP contribution in [0.3, 0.4) is 0 Å². The van der Waals surface area contributed by atoms with Crippen molar-refractivity contribution in [1.82, 2.24) is 5.43 Å². The molecule has 0 bridgehead atoms. The van der Waals surface area contributed by atoms with E-state index in [0.717, 1.165) is 11.1 Å². The molecule has 0 radical (unpaired) electrons. The van der Waals surface area contributed by atoms with Gasteiger partial charge >= 0.3 is 11.8 Å². The molecule has 3 rings (SSSR count). The van der Waals surface area contributed by atoms with Gasteiger partial charge in [0.1, 0.15) is 18.2 Å². The van der Waals surface area contributed by atoms with E-state index in [1.165, 1.54) is 18.3 Å². The molecule has 2 N–H and O–H groups in total. The summed E-state index contributed by atoms with van der Waals surface area (Å²) < 4.78 is 19.7. The van der Waals surface area contributed by atoms with Crippen molar-refractivity contribution in [2.24, 2.45) is 5.10 Å². The molecule has 33 heavy (non-hydrogen) atoms. The highest BCUT2D eigenvalue weighted by Gasteiger charge is 2.15. The monoisotopic (exact) mass is 487 g/mol. The summed E-state index contributed by atoms with van der Waals surface area (Å²) in [6.45, 7) is 3.62. The van der Waals surface area contributed by atoms with Crippen LogP contribution in [0.5, 0.6) is 5.75 Å². The Labute approximate surface area is 200 Å². The number of aryl methyl sites for hydroxylation is 1. The van der Waals surface area contributed by atoms with Crippen LogP contribution in [0.25, 0.3) is 0 Å². The number of amides is 2. The van der Waals surface area contributed by atoms with E-state index in [4.69, 9.17) is 27.9 Å². The van der Waals surface area contributed by atoms with Gasteiger partial charge in [0.2, 0.25) is 0 Å². The number of hydrogen-bond acceptors (Lipinski definition) is 4. The number of nitrogens with one attached hydrogen (secondary N) is 2. The first-order valence-corrected chi connectivity index (χ1v) is 10.6. The minimum Gasteiger partial charge on any atom is -0.488 e. The van der Waals surface area contributed by atoms with Crippen LogP contribution in [-0.2, 0) is 16.2 Å². The predicted octanol–water partition coefficient (Wildman–Crippen LogP) is 5.42. The van der Waals surface area contributed by atoms with E-state index in [1.54, 1.807) is 36.4 Å². The Bertz CT molecular complexity index is 1210. The Balaban J connectivity index is 1.66. The van der Waals surface area contributed by atoms with Crippen LogP contribution in [0, 0.1) is 19.7 Å². The zero-order valence-corrected chi connectivity index (χ0v) is 19.3. The Morgan fingerprint density at radius 2 is 1.82 bits per heavy atom. The molecule has 0 aliphatic heterocycles. The number of rotatable bonds is 6. The number of anilines is 1. The number of nitrogens with zero attached hydrogens (tertiary/aromatic N) is 1. The second kappa shape index (κ2) is 10.9.